The van der Waals surface area contributed by atoms with Gasteiger partial charge in [-0.2, -0.15) is 12.6 Å². The van der Waals surface area contributed by atoms with Crippen LogP contribution < -0.4 is 5.32 Å². The van der Waals surface area contributed by atoms with Crippen LogP contribution >= 0.6 is 35.8 Å². The maximum absolute atomic E-state index is 11.7. The molecule has 0 saturated carbocycles. The number of halogens is 2. The molecule has 2 aromatic rings. The lowest BCUT2D eigenvalue weighted by Crippen LogP contribution is -2.53. The van der Waals surface area contributed by atoms with Gasteiger partial charge in [-0.1, -0.05) is 55.2 Å². The van der Waals surface area contributed by atoms with E-state index in [1.165, 1.54) is 0 Å². The summed E-state index contributed by atoms with van der Waals surface area (Å²) in [4.78, 5) is 23.0. The van der Waals surface area contributed by atoms with E-state index in [1.54, 1.807) is 6.07 Å². The molecule has 3 unspecified atom stereocenters. The molecule has 0 radical (unpaired) electrons. The van der Waals surface area contributed by atoms with E-state index in [0.717, 1.165) is 23.0 Å². The number of benzene rings is 2. The van der Waals surface area contributed by atoms with Crippen molar-refractivity contribution >= 4 is 48.1 Å². The van der Waals surface area contributed by atoms with Gasteiger partial charge in [0.2, 0.25) is 0 Å². The second-order valence-corrected chi connectivity index (χ2v) is 9.96. The van der Waals surface area contributed by atoms with Gasteiger partial charge in [-0.25, -0.2) is 0 Å². The van der Waals surface area contributed by atoms with Crippen LogP contribution in [0.25, 0.3) is 0 Å². The first-order valence-corrected chi connectivity index (χ1v) is 11.7. The number of hydrogen-bond donors (Lipinski definition) is 3. The van der Waals surface area contributed by atoms with Crippen molar-refractivity contribution < 1.29 is 14.7 Å². The monoisotopic (exact) mass is 479 g/mol. The first-order chi connectivity index (χ1) is 14.7. The van der Waals surface area contributed by atoms with Crippen molar-refractivity contribution in [1.82, 2.24) is 5.32 Å². The molecule has 2 N–H and O–H groups in total. The Labute approximate surface area is 198 Å². The van der Waals surface area contributed by atoms with Crippen molar-refractivity contribution in [3.63, 3.8) is 0 Å². The zero-order valence-electron chi connectivity index (χ0n) is 17.5. The highest BCUT2D eigenvalue weighted by Gasteiger charge is 2.43. The minimum atomic E-state index is -0.986. The molecule has 4 nitrogen and oxygen atoms in total. The van der Waals surface area contributed by atoms with Crippen molar-refractivity contribution in [3.05, 3.63) is 69.2 Å². The fourth-order valence-corrected chi connectivity index (χ4v) is 5.55. The molecule has 0 amide bonds. The zero-order chi connectivity index (χ0) is 22.8. The third-order valence-electron chi connectivity index (χ3n) is 6.34. The number of rotatable bonds is 8. The maximum atomic E-state index is 11.7. The molecule has 0 bridgehead atoms. The molecule has 0 aliphatic carbocycles. The van der Waals surface area contributed by atoms with Crippen LogP contribution in [0.15, 0.2) is 42.5 Å². The molecule has 166 valence electrons. The minimum Gasteiger partial charge on any atom is -0.481 e. The molecule has 1 aliphatic heterocycles. The highest BCUT2D eigenvalue weighted by atomic mass is 35.5. The van der Waals surface area contributed by atoms with Gasteiger partial charge in [-0.05, 0) is 47.4 Å². The lowest BCUT2D eigenvalue weighted by Gasteiger charge is -2.47. The molecule has 4 atom stereocenters. The number of carboxylic acid groups (broad SMARTS) is 1. The number of carbonyl (C=O) groups excluding carboxylic acids is 1. The largest absolute Gasteiger partial charge is 0.481 e. The average molecular weight is 480 g/mol. The van der Waals surface area contributed by atoms with Crippen molar-refractivity contribution in [2.24, 2.45) is 5.92 Å². The topological polar surface area (TPSA) is 66.4 Å². The van der Waals surface area contributed by atoms with E-state index in [1.807, 2.05) is 36.4 Å². The molecule has 3 rings (SSSR count). The van der Waals surface area contributed by atoms with E-state index in [4.69, 9.17) is 23.2 Å². The van der Waals surface area contributed by atoms with Crippen molar-refractivity contribution in [2.45, 2.75) is 50.1 Å². The third-order valence-corrected chi connectivity index (χ3v) is 7.18. The Hall–Kier alpha value is -1.53. The fraction of sp³-hybridized carbons (Fsp3) is 0.417. The highest BCUT2D eigenvalue weighted by Crippen LogP contribution is 2.46. The van der Waals surface area contributed by atoms with Crippen LogP contribution in [0.4, 0.5) is 0 Å². The Balaban J connectivity index is 2.13. The smallest absolute Gasteiger partial charge is 0.304 e. The third kappa shape index (κ3) is 5.28. The van der Waals surface area contributed by atoms with Gasteiger partial charge in [-0.15, -0.1) is 0 Å². The standard InChI is InChI=1S/C24H27Cl2NO3S/c1-24(2)20-11-17(26)6-7-18(20)23(27-21(24)13-31)19(8-14(12-28)9-22(29)30)15-4-3-5-16(25)10-15/h3-7,10-12,14,19,21,23,27,31H,8-9,13H2,1-2H3,(H,29,30)/t14?,19-,21?,23?/m1/s1. The number of carboxylic acids is 1. The van der Waals surface area contributed by atoms with E-state index >= 15 is 0 Å². The van der Waals surface area contributed by atoms with Crippen molar-refractivity contribution in [3.8, 4) is 0 Å². The quantitative estimate of drug-likeness (QED) is 0.336. The van der Waals surface area contributed by atoms with Crippen LogP contribution in [0.5, 0.6) is 0 Å². The summed E-state index contributed by atoms with van der Waals surface area (Å²) in [5.74, 6) is -1.14. The van der Waals surface area contributed by atoms with Crippen molar-refractivity contribution in [1.29, 1.82) is 0 Å². The molecular formula is C24H27Cl2NO3S. The number of aldehydes is 1. The molecule has 1 aliphatic rings. The zero-order valence-corrected chi connectivity index (χ0v) is 19.9. The number of thiol groups is 1. The summed E-state index contributed by atoms with van der Waals surface area (Å²) >= 11 is 17.2. The van der Waals surface area contributed by atoms with Crippen LogP contribution in [0, 0.1) is 5.92 Å². The van der Waals surface area contributed by atoms with Crippen LogP contribution in [-0.4, -0.2) is 29.2 Å². The predicted octanol–water partition coefficient (Wildman–Crippen LogP) is 5.68. The van der Waals surface area contributed by atoms with E-state index < -0.39 is 11.9 Å². The van der Waals surface area contributed by atoms with Gasteiger partial charge in [-0.3, -0.25) is 4.79 Å². The van der Waals surface area contributed by atoms with Crippen LogP contribution in [0.2, 0.25) is 10.0 Å². The molecular weight excluding hydrogens is 453 g/mol. The van der Waals surface area contributed by atoms with Crippen molar-refractivity contribution in [2.75, 3.05) is 5.75 Å². The highest BCUT2D eigenvalue weighted by molar-refractivity contribution is 7.80. The van der Waals surface area contributed by atoms with Crippen LogP contribution in [0.1, 0.15) is 55.3 Å². The van der Waals surface area contributed by atoms with Gasteiger partial charge < -0.3 is 15.2 Å². The van der Waals surface area contributed by atoms with E-state index in [-0.39, 0.29) is 29.8 Å². The summed E-state index contributed by atoms with van der Waals surface area (Å²) < 4.78 is 0. The first-order valence-electron chi connectivity index (χ1n) is 10.3. The van der Waals surface area contributed by atoms with Gasteiger partial charge in [0.15, 0.2) is 0 Å². The number of carbonyl (C=O) groups is 2. The van der Waals surface area contributed by atoms with Gasteiger partial charge in [0.1, 0.15) is 6.29 Å². The Bertz CT molecular complexity index is 966. The molecule has 31 heavy (non-hydrogen) atoms. The minimum absolute atomic E-state index is 0.0580. The summed E-state index contributed by atoms with van der Waals surface area (Å²) in [5, 5.41) is 14.3. The number of hydrogen-bond acceptors (Lipinski definition) is 4. The number of nitrogens with one attached hydrogen (secondary N) is 1. The second-order valence-electron chi connectivity index (χ2n) is 8.72. The molecule has 0 aromatic heterocycles. The lowest BCUT2D eigenvalue weighted by molar-refractivity contribution is -0.139. The maximum Gasteiger partial charge on any atom is 0.304 e. The summed E-state index contributed by atoms with van der Waals surface area (Å²) in [5.41, 5.74) is 2.98. The summed E-state index contributed by atoms with van der Waals surface area (Å²) in [6, 6.07) is 13.4. The van der Waals surface area contributed by atoms with Gasteiger partial charge >= 0.3 is 5.97 Å². The lowest BCUT2D eigenvalue weighted by atomic mass is 9.68. The summed E-state index contributed by atoms with van der Waals surface area (Å²) in [6.45, 7) is 4.33. The molecule has 7 heteroatoms. The van der Waals surface area contributed by atoms with Crippen LogP contribution in [-0.2, 0) is 15.0 Å². The fourth-order valence-electron chi connectivity index (χ4n) is 4.61. The molecule has 0 fully saturated rings. The predicted molar refractivity (Wildman–Crippen MR) is 129 cm³/mol. The van der Waals surface area contributed by atoms with E-state index in [0.29, 0.717) is 22.2 Å². The number of aliphatic carboxylic acids is 1. The Morgan fingerprint density at radius 2 is 1.94 bits per heavy atom. The van der Waals surface area contributed by atoms with E-state index in [2.05, 4.69) is 31.8 Å². The van der Waals surface area contributed by atoms with Gasteiger partial charge in [0.05, 0.1) is 6.42 Å². The molecule has 0 spiro atoms. The second kappa shape index (κ2) is 9.95. The Morgan fingerprint density at radius 3 is 2.55 bits per heavy atom. The van der Waals surface area contributed by atoms with Gasteiger partial charge in [0.25, 0.3) is 0 Å². The SMILES string of the molecule is CC1(C)c2cc(Cl)ccc2C([C@H](CC(C=O)CC(=O)O)c2cccc(Cl)c2)NC1CS. The molecule has 2 aromatic carbocycles. The first kappa shape index (κ1) is 24.1. The van der Waals surface area contributed by atoms with E-state index in [9.17, 15) is 14.7 Å². The summed E-state index contributed by atoms with van der Waals surface area (Å²) in [6.07, 6.45) is 0.926. The van der Waals surface area contributed by atoms with Crippen LogP contribution in [0.3, 0.4) is 0 Å². The summed E-state index contributed by atoms with van der Waals surface area (Å²) in [7, 11) is 0. The van der Waals surface area contributed by atoms with Gasteiger partial charge in [0, 0.05) is 45.1 Å². The Kier molecular flexibility index (Phi) is 7.74. The number of fused-ring (bicyclic) bond motifs is 1. The molecule has 1 heterocycles. The molecule has 0 saturated heterocycles. The normalized spacial score (nSPS) is 21.7. The average Bonchev–Trinajstić information content (AvgIpc) is 2.71. The Morgan fingerprint density at radius 1 is 1.23 bits per heavy atom.